The van der Waals surface area contributed by atoms with E-state index in [1.54, 1.807) is 0 Å². The SMILES string of the molecule is C=N/C=N\CI. The second kappa shape index (κ2) is 5.07. The fraction of sp³-hybridized carbons (Fsp3) is 0.333. The van der Waals surface area contributed by atoms with Crippen LogP contribution in [0, 0.1) is 0 Å². The van der Waals surface area contributed by atoms with E-state index in [0.717, 1.165) is 4.55 Å². The van der Waals surface area contributed by atoms with Crippen molar-refractivity contribution in [3.63, 3.8) is 0 Å². The summed E-state index contributed by atoms with van der Waals surface area (Å²) in [4.78, 5) is 7.10. The molecule has 0 saturated carbocycles. The number of hydrogen-bond donors (Lipinski definition) is 0. The molecule has 0 aliphatic heterocycles. The van der Waals surface area contributed by atoms with E-state index in [2.05, 4.69) is 39.3 Å². The molecule has 0 aromatic carbocycles. The van der Waals surface area contributed by atoms with Gasteiger partial charge in [0.1, 0.15) is 6.34 Å². The molecule has 0 N–H and O–H groups in total. The van der Waals surface area contributed by atoms with Gasteiger partial charge in [0, 0.05) is 0 Å². The number of hydrogen-bond acceptors (Lipinski definition) is 1. The monoisotopic (exact) mass is 196 g/mol. The maximum Gasteiger partial charge on any atom is 0.110 e. The summed E-state index contributed by atoms with van der Waals surface area (Å²) in [7, 11) is 0. The van der Waals surface area contributed by atoms with Crippen molar-refractivity contribution in [1.29, 1.82) is 0 Å². The number of halogens is 1. The first-order valence-corrected chi connectivity index (χ1v) is 2.94. The predicted octanol–water partition coefficient (Wildman–Crippen LogP) is 1.11. The highest BCUT2D eigenvalue weighted by Crippen LogP contribution is 1.77. The van der Waals surface area contributed by atoms with Crippen LogP contribution in [0.4, 0.5) is 0 Å². The van der Waals surface area contributed by atoms with Crippen molar-refractivity contribution in [2.45, 2.75) is 0 Å². The minimum absolute atomic E-state index is 0.761. The zero-order valence-corrected chi connectivity index (χ0v) is 5.42. The van der Waals surface area contributed by atoms with Crippen LogP contribution in [0.3, 0.4) is 0 Å². The summed E-state index contributed by atoms with van der Waals surface area (Å²) >= 11 is 2.13. The van der Waals surface area contributed by atoms with Gasteiger partial charge in [0.05, 0.1) is 4.55 Å². The Morgan fingerprint density at radius 2 is 2.50 bits per heavy atom. The third-order valence-electron chi connectivity index (χ3n) is 0.232. The molecular formula is C3H5IN2. The summed E-state index contributed by atoms with van der Waals surface area (Å²) < 4.78 is 0.761. The van der Waals surface area contributed by atoms with Crippen molar-refractivity contribution >= 4 is 35.6 Å². The van der Waals surface area contributed by atoms with E-state index in [1.165, 1.54) is 6.34 Å². The van der Waals surface area contributed by atoms with Crippen LogP contribution in [-0.4, -0.2) is 17.6 Å². The first-order chi connectivity index (χ1) is 2.91. The van der Waals surface area contributed by atoms with Crippen LogP contribution in [0.5, 0.6) is 0 Å². The molecule has 0 heterocycles. The van der Waals surface area contributed by atoms with Crippen LogP contribution in [0.1, 0.15) is 0 Å². The highest BCUT2D eigenvalue weighted by molar-refractivity contribution is 14.1. The zero-order chi connectivity index (χ0) is 4.83. The van der Waals surface area contributed by atoms with E-state index >= 15 is 0 Å². The molecular weight excluding hydrogens is 191 g/mol. The molecule has 0 radical (unpaired) electrons. The fourth-order valence-electron chi connectivity index (χ4n) is 0.0886. The Balaban J connectivity index is 2.94. The van der Waals surface area contributed by atoms with Gasteiger partial charge >= 0.3 is 0 Å². The maximum absolute atomic E-state index is 3.72. The minimum atomic E-state index is 0.761. The average molecular weight is 196 g/mol. The molecule has 0 atom stereocenters. The highest BCUT2D eigenvalue weighted by Gasteiger charge is 1.56. The second-order valence-corrected chi connectivity index (χ2v) is 1.28. The third kappa shape index (κ3) is 4.07. The fourth-order valence-corrected chi connectivity index (χ4v) is 0.265. The third-order valence-corrected chi connectivity index (χ3v) is 0.626. The Labute approximate surface area is 50.5 Å². The smallest absolute Gasteiger partial charge is 0.110 e. The zero-order valence-electron chi connectivity index (χ0n) is 3.26. The van der Waals surface area contributed by atoms with Crippen molar-refractivity contribution in [3.05, 3.63) is 0 Å². The van der Waals surface area contributed by atoms with E-state index in [1.807, 2.05) is 0 Å². The summed E-state index contributed by atoms with van der Waals surface area (Å²) in [6.07, 6.45) is 1.44. The van der Waals surface area contributed by atoms with Gasteiger partial charge in [0.15, 0.2) is 0 Å². The summed E-state index contributed by atoms with van der Waals surface area (Å²) in [6, 6.07) is 0. The molecule has 0 saturated heterocycles. The van der Waals surface area contributed by atoms with Gasteiger partial charge in [-0.15, -0.1) is 0 Å². The van der Waals surface area contributed by atoms with Gasteiger partial charge in [-0.1, -0.05) is 22.6 Å². The van der Waals surface area contributed by atoms with Gasteiger partial charge in [-0.05, 0) is 6.72 Å². The Morgan fingerprint density at radius 1 is 1.83 bits per heavy atom. The molecule has 0 amide bonds. The number of rotatable bonds is 2. The molecule has 2 nitrogen and oxygen atoms in total. The van der Waals surface area contributed by atoms with Gasteiger partial charge < -0.3 is 0 Å². The Bertz CT molecular complexity index is 59.8. The number of aliphatic imine (C=N–C) groups is 2. The molecule has 0 aliphatic carbocycles. The molecule has 0 fully saturated rings. The van der Waals surface area contributed by atoms with Crippen molar-refractivity contribution in [3.8, 4) is 0 Å². The highest BCUT2D eigenvalue weighted by atomic mass is 127. The molecule has 0 bridgehead atoms. The largest absolute Gasteiger partial charge is 0.263 e. The lowest BCUT2D eigenvalue weighted by Gasteiger charge is -1.68. The molecule has 34 valence electrons. The van der Waals surface area contributed by atoms with Gasteiger partial charge in [0.2, 0.25) is 0 Å². The molecule has 0 aliphatic rings. The van der Waals surface area contributed by atoms with Gasteiger partial charge in [-0.25, -0.2) is 0 Å². The molecule has 0 aromatic rings. The Hall–Kier alpha value is 0.0700. The molecule has 0 aromatic heterocycles. The molecule has 0 spiro atoms. The Kier molecular flexibility index (Phi) is 5.13. The summed E-state index contributed by atoms with van der Waals surface area (Å²) in [5.74, 6) is 0. The topological polar surface area (TPSA) is 24.7 Å². The normalized spacial score (nSPS) is 9.50. The lowest BCUT2D eigenvalue weighted by Crippen LogP contribution is -1.61. The van der Waals surface area contributed by atoms with Crippen molar-refractivity contribution < 1.29 is 0 Å². The van der Waals surface area contributed by atoms with Crippen molar-refractivity contribution in [2.24, 2.45) is 9.98 Å². The van der Waals surface area contributed by atoms with E-state index in [4.69, 9.17) is 0 Å². The van der Waals surface area contributed by atoms with Crippen molar-refractivity contribution in [2.75, 3.05) is 4.55 Å². The van der Waals surface area contributed by atoms with E-state index < -0.39 is 0 Å². The van der Waals surface area contributed by atoms with Crippen LogP contribution in [0.25, 0.3) is 0 Å². The summed E-state index contributed by atoms with van der Waals surface area (Å²) in [6.45, 7) is 3.20. The van der Waals surface area contributed by atoms with E-state index in [-0.39, 0.29) is 0 Å². The summed E-state index contributed by atoms with van der Waals surface area (Å²) in [5, 5.41) is 0. The van der Waals surface area contributed by atoms with Gasteiger partial charge in [-0.2, -0.15) is 0 Å². The van der Waals surface area contributed by atoms with Crippen LogP contribution < -0.4 is 0 Å². The quantitative estimate of drug-likeness (QED) is 0.208. The second-order valence-electron chi connectivity index (χ2n) is 0.600. The van der Waals surface area contributed by atoms with Gasteiger partial charge in [-0.3, -0.25) is 9.98 Å². The molecule has 0 rings (SSSR count). The van der Waals surface area contributed by atoms with Crippen LogP contribution in [0.15, 0.2) is 9.98 Å². The standard InChI is InChI=1S/C3H5IN2/c1-5-3-6-2-4/h3H,1-2H2/b6-3-. The van der Waals surface area contributed by atoms with Gasteiger partial charge in [0.25, 0.3) is 0 Å². The average Bonchev–Trinajstić information content (AvgIpc) is 1.61. The minimum Gasteiger partial charge on any atom is -0.263 e. The molecule has 6 heavy (non-hydrogen) atoms. The lowest BCUT2D eigenvalue weighted by atomic mass is 11.2. The van der Waals surface area contributed by atoms with E-state index in [9.17, 15) is 0 Å². The first-order valence-electron chi connectivity index (χ1n) is 1.42. The summed E-state index contributed by atoms with van der Waals surface area (Å²) in [5.41, 5.74) is 0. The lowest BCUT2D eigenvalue weighted by molar-refractivity contribution is 1.42. The van der Waals surface area contributed by atoms with Crippen LogP contribution in [-0.2, 0) is 0 Å². The maximum atomic E-state index is 3.72. The number of nitrogens with zero attached hydrogens (tertiary/aromatic N) is 2. The van der Waals surface area contributed by atoms with Crippen LogP contribution >= 0.6 is 22.6 Å². The molecule has 3 heteroatoms. The first kappa shape index (κ1) is 6.07. The van der Waals surface area contributed by atoms with Crippen molar-refractivity contribution in [1.82, 2.24) is 0 Å². The molecule has 0 unspecified atom stereocenters. The van der Waals surface area contributed by atoms with Crippen LogP contribution in [0.2, 0.25) is 0 Å². The number of alkyl halides is 1. The predicted molar refractivity (Wildman–Crippen MR) is 36.9 cm³/mol. The van der Waals surface area contributed by atoms with E-state index in [0.29, 0.717) is 0 Å². The Morgan fingerprint density at radius 3 is 2.67 bits per heavy atom.